The van der Waals surface area contributed by atoms with Gasteiger partial charge in [-0.2, -0.15) is 0 Å². The molecule has 60 valence electrons. The first-order chi connectivity index (χ1) is 5.22. The SMILES string of the molecule is C=C=C(/C=C\N=CC)C(C)C. The van der Waals surface area contributed by atoms with E-state index in [0.717, 1.165) is 5.57 Å². The molecule has 0 atom stereocenters. The van der Waals surface area contributed by atoms with E-state index in [2.05, 4.69) is 31.2 Å². The van der Waals surface area contributed by atoms with E-state index in [9.17, 15) is 0 Å². The van der Waals surface area contributed by atoms with Gasteiger partial charge in [0.15, 0.2) is 0 Å². The number of nitrogens with zero attached hydrogens (tertiary/aromatic N) is 1. The van der Waals surface area contributed by atoms with Gasteiger partial charge in [0.05, 0.1) is 0 Å². The summed E-state index contributed by atoms with van der Waals surface area (Å²) in [6, 6.07) is 0. The van der Waals surface area contributed by atoms with Crippen molar-refractivity contribution in [2.45, 2.75) is 20.8 Å². The van der Waals surface area contributed by atoms with E-state index in [-0.39, 0.29) is 0 Å². The Balaban J connectivity index is 4.22. The van der Waals surface area contributed by atoms with E-state index < -0.39 is 0 Å². The van der Waals surface area contributed by atoms with Gasteiger partial charge in [-0.05, 0) is 24.5 Å². The molecule has 0 unspecified atom stereocenters. The fourth-order valence-electron chi connectivity index (χ4n) is 0.665. The Morgan fingerprint density at radius 2 is 2.18 bits per heavy atom. The Labute approximate surface area is 68.9 Å². The third-order valence-electron chi connectivity index (χ3n) is 1.32. The third kappa shape index (κ3) is 4.35. The summed E-state index contributed by atoms with van der Waals surface area (Å²) in [6.45, 7) is 9.69. The van der Waals surface area contributed by atoms with Gasteiger partial charge in [0.2, 0.25) is 0 Å². The third-order valence-corrected chi connectivity index (χ3v) is 1.32. The van der Waals surface area contributed by atoms with E-state index in [0.29, 0.717) is 5.92 Å². The first kappa shape index (κ1) is 9.93. The van der Waals surface area contributed by atoms with Crippen LogP contribution < -0.4 is 0 Å². The summed E-state index contributed by atoms with van der Waals surface area (Å²) in [7, 11) is 0. The summed E-state index contributed by atoms with van der Waals surface area (Å²) >= 11 is 0. The van der Waals surface area contributed by atoms with E-state index in [1.165, 1.54) is 0 Å². The van der Waals surface area contributed by atoms with Crippen LogP contribution in [-0.2, 0) is 0 Å². The lowest BCUT2D eigenvalue weighted by Gasteiger charge is -2.00. The normalized spacial score (nSPS) is 11.3. The van der Waals surface area contributed by atoms with Gasteiger partial charge < -0.3 is 0 Å². The fraction of sp³-hybridized carbons (Fsp3) is 0.400. The highest BCUT2D eigenvalue weighted by Gasteiger charge is 1.94. The van der Waals surface area contributed by atoms with Crippen LogP contribution in [-0.4, -0.2) is 6.21 Å². The molecule has 11 heavy (non-hydrogen) atoms. The largest absolute Gasteiger partial charge is 0.269 e. The van der Waals surface area contributed by atoms with Crippen molar-refractivity contribution in [3.63, 3.8) is 0 Å². The lowest BCUT2D eigenvalue weighted by Crippen LogP contribution is -1.87. The quantitative estimate of drug-likeness (QED) is 0.332. The molecule has 0 aromatic rings. The molecule has 0 saturated carbocycles. The predicted molar refractivity (Wildman–Crippen MR) is 50.8 cm³/mol. The lowest BCUT2D eigenvalue weighted by atomic mass is 10.1. The number of aliphatic imine (C=N–C) groups is 1. The zero-order chi connectivity index (χ0) is 8.69. The molecule has 0 aromatic carbocycles. The van der Waals surface area contributed by atoms with E-state index >= 15 is 0 Å². The first-order valence-corrected chi connectivity index (χ1v) is 3.76. The van der Waals surface area contributed by atoms with Crippen molar-refractivity contribution < 1.29 is 0 Å². The van der Waals surface area contributed by atoms with Gasteiger partial charge in [-0.25, -0.2) is 0 Å². The second-order valence-corrected chi connectivity index (χ2v) is 2.51. The molecule has 0 radical (unpaired) electrons. The van der Waals surface area contributed by atoms with Crippen molar-refractivity contribution in [3.8, 4) is 0 Å². The second-order valence-electron chi connectivity index (χ2n) is 2.51. The summed E-state index contributed by atoms with van der Waals surface area (Å²) < 4.78 is 0. The average molecular weight is 149 g/mol. The minimum atomic E-state index is 0.468. The smallest absolute Gasteiger partial charge is 0.0272 e. The Morgan fingerprint density at radius 1 is 1.55 bits per heavy atom. The maximum absolute atomic E-state index is 3.95. The van der Waals surface area contributed by atoms with E-state index in [1.54, 1.807) is 12.4 Å². The van der Waals surface area contributed by atoms with Gasteiger partial charge in [-0.3, -0.25) is 4.99 Å². The van der Waals surface area contributed by atoms with Crippen LogP contribution in [0.15, 0.2) is 35.2 Å². The highest BCUT2D eigenvalue weighted by Crippen LogP contribution is 2.08. The number of hydrogen-bond donors (Lipinski definition) is 0. The number of rotatable bonds is 3. The maximum Gasteiger partial charge on any atom is 0.0272 e. The Kier molecular flexibility index (Phi) is 5.14. The predicted octanol–water partition coefficient (Wildman–Crippen LogP) is 2.96. The first-order valence-electron chi connectivity index (χ1n) is 3.76. The average Bonchev–Trinajstić information content (AvgIpc) is 1.97. The molecule has 0 fully saturated rings. The molecule has 0 saturated heterocycles. The molecule has 0 spiro atoms. The van der Waals surface area contributed by atoms with Crippen LogP contribution in [0.4, 0.5) is 0 Å². The van der Waals surface area contributed by atoms with Gasteiger partial charge in [-0.15, -0.1) is 5.73 Å². The van der Waals surface area contributed by atoms with E-state index in [4.69, 9.17) is 0 Å². The topological polar surface area (TPSA) is 12.4 Å². The molecule has 0 aliphatic heterocycles. The van der Waals surface area contributed by atoms with Crippen molar-refractivity contribution in [2.75, 3.05) is 0 Å². The minimum absolute atomic E-state index is 0.468. The zero-order valence-electron chi connectivity index (χ0n) is 7.46. The van der Waals surface area contributed by atoms with Crippen LogP contribution in [0.3, 0.4) is 0 Å². The lowest BCUT2D eigenvalue weighted by molar-refractivity contribution is 0.793. The molecule has 0 aliphatic carbocycles. The van der Waals surface area contributed by atoms with E-state index in [1.807, 2.05) is 13.0 Å². The van der Waals surface area contributed by atoms with Crippen LogP contribution in [0.5, 0.6) is 0 Å². The highest BCUT2D eigenvalue weighted by molar-refractivity contribution is 5.54. The van der Waals surface area contributed by atoms with Crippen LogP contribution in [0.1, 0.15) is 20.8 Å². The Bertz CT molecular complexity index is 203. The maximum atomic E-state index is 3.95. The minimum Gasteiger partial charge on any atom is -0.269 e. The van der Waals surface area contributed by atoms with Crippen molar-refractivity contribution in [1.29, 1.82) is 0 Å². The van der Waals surface area contributed by atoms with Crippen LogP contribution in [0.25, 0.3) is 0 Å². The molecule has 0 bridgehead atoms. The summed E-state index contributed by atoms with van der Waals surface area (Å²) in [5, 5.41) is 0. The fourth-order valence-corrected chi connectivity index (χ4v) is 0.665. The van der Waals surface area contributed by atoms with Gasteiger partial charge in [0.25, 0.3) is 0 Å². The van der Waals surface area contributed by atoms with Crippen molar-refractivity contribution in [1.82, 2.24) is 0 Å². The van der Waals surface area contributed by atoms with Crippen molar-refractivity contribution in [3.05, 3.63) is 30.2 Å². The summed E-state index contributed by atoms with van der Waals surface area (Å²) in [4.78, 5) is 3.95. The van der Waals surface area contributed by atoms with Gasteiger partial charge in [0.1, 0.15) is 0 Å². The van der Waals surface area contributed by atoms with Crippen LogP contribution in [0.2, 0.25) is 0 Å². The molecule has 0 heterocycles. The summed E-state index contributed by atoms with van der Waals surface area (Å²) in [6.07, 6.45) is 5.43. The molecule has 1 nitrogen and oxygen atoms in total. The Morgan fingerprint density at radius 3 is 2.55 bits per heavy atom. The Hall–Kier alpha value is -1.07. The molecule has 0 aliphatic rings. The highest BCUT2D eigenvalue weighted by atomic mass is 14.6. The number of hydrogen-bond acceptors (Lipinski definition) is 1. The standard InChI is InChI=1S/C10H15N/c1-5-10(9(3)4)7-8-11-6-2/h6-9H,1H2,2-4H3/b8-7-,11-6?. The summed E-state index contributed by atoms with van der Waals surface area (Å²) in [5.41, 5.74) is 3.96. The molecule has 0 N–H and O–H groups in total. The molecule has 1 heteroatoms. The van der Waals surface area contributed by atoms with Crippen molar-refractivity contribution >= 4 is 6.21 Å². The zero-order valence-corrected chi connectivity index (χ0v) is 7.46. The van der Waals surface area contributed by atoms with Gasteiger partial charge >= 0.3 is 0 Å². The number of allylic oxidation sites excluding steroid dienone is 2. The second kappa shape index (κ2) is 5.70. The van der Waals surface area contributed by atoms with Gasteiger partial charge in [-0.1, -0.05) is 20.4 Å². The molecule has 0 aromatic heterocycles. The molecule has 0 rings (SSSR count). The molecular weight excluding hydrogens is 134 g/mol. The van der Waals surface area contributed by atoms with Crippen molar-refractivity contribution in [2.24, 2.45) is 10.9 Å². The summed E-state index contributed by atoms with van der Waals surface area (Å²) in [5.74, 6) is 0.468. The van der Waals surface area contributed by atoms with Crippen LogP contribution in [0, 0.1) is 5.92 Å². The molecule has 0 amide bonds. The van der Waals surface area contributed by atoms with Gasteiger partial charge in [0, 0.05) is 12.4 Å². The molecular formula is C10H15N. The monoisotopic (exact) mass is 149 g/mol. The van der Waals surface area contributed by atoms with Crippen LogP contribution >= 0.6 is 0 Å².